The van der Waals surface area contributed by atoms with Crippen molar-refractivity contribution < 1.29 is 9.59 Å². The molecule has 0 aromatic heterocycles. The van der Waals surface area contributed by atoms with Crippen LogP contribution in [0.5, 0.6) is 0 Å². The van der Waals surface area contributed by atoms with Gasteiger partial charge in [0.05, 0.1) is 11.4 Å². The maximum absolute atomic E-state index is 10.1. The first kappa shape index (κ1) is 11.9. The lowest BCUT2D eigenvalue weighted by molar-refractivity contribution is 0.564. The Bertz CT molecular complexity index is 587. The molecule has 1 aliphatic rings. The number of hydrogen-bond acceptors (Lipinski definition) is 4. The predicted molar refractivity (Wildman–Crippen MR) is 66.9 cm³/mol. The molecular formula is C14H10N2O2. The Morgan fingerprint density at radius 3 is 2.33 bits per heavy atom. The van der Waals surface area contributed by atoms with E-state index in [1.54, 1.807) is 18.2 Å². The normalized spacial score (nSPS) is 17.3. The quantitative estimate of drug-likeness (QED) is 0.600. The lowest BCUT2D eigenvalue weighted by Crippen LogP contribution is -1.97. The van der Waals surface area contributed by atoms with Crippen LogP contribution in [0.15, 0.2) is 58.2 Å². The van der Waals surface area contributed by atoms with Gasteiger partial charge in [-0.25, -0.2) is 9.59 Å². The zero-order chi connectivity index (χ0) is 12.8. The minimum absolute atomic E-state index is 0.255. The van der Waals surface area contributed by atoms with Crippen molar-refractivity contribution in [2.24, 2.45) is 9.98 Å². The van der Waals surface area contributed by atoms with Gasteiger partial charge in [-0.2, -0.15) is 9.98 Å². The molecule has 88 valence electrons. The molecule has 1 aliphatic carbocycles. The highest BCUT2D eigenvalue weighted by molar-refractivity contribution is 5.50. The summed E-state index contributed by atoms with van der Waals surface area (Å²) in [5, 5.41) is 0. The summed E-state index contributed by atoms with van der Waals surface area (Å²) in [4.78, 5) is 27.3. The third-order valence-corrected chi connectivity index (χ3v) is 2.75. The molecule has 4 heteroatoms. The third-order valence-electron chi connectivity index (χ3n) is 2.75. The van der Waals surface area contributed by atoms with Crippen molar-refractivity contribution in [2.45, 2.75) is 12.3 Å². The lowest BCUT2D eigenvalue weighted by atomic mass is 9.92. The predicted octanol–water partition coefficient (Wildman–Crippen LogP) is 2.92. The number of aliphatic imine (C=N–C) groups is 2. The van der Waals surface area contributed by atoms with Crippen molar-refractivity contribution in [3.05, 3.63) is 53.8 Å². The topological polar surface area (TPSA) is 58.9 Å². The first-order valence-electron chi connectivity index (χ1n) is 5.47. The summed E-state index contributed by atoms with van der Waals surface area (Å²) in [7, 11) is 0. The number of nitrogens with zero attached hydrogens (tertiary/aromatic N) is 2. The molecule has 1 aromatic carbocycles. The summed E-state index contributed by atoms with van der Waals surface area (Å²) in [5.74, 6) is 0.255. The van der Waals surface area contributed by atoms with Crippen LogP contribution in [0.1, 0.15) is 17.9 Å². The van der Waals surface area contributed by atoms with Crippen LogP contribution in [0.3, 0.4) is 0 Å². The lowest BCUT2D eigenvalue weighted by Gasteiger charge is -2.14. The smallest absolute Gasteiger partial charge is 0.211 e. The monoisotopic (exact) mass is 238 g/mol. The molecular weight excluding hydrogens is 228 g/mol. The van der Waals surface area contributed by atoms with Gasteiger partial charge in [-0.3, -0.25) is 0 Å². The number of allylic oxidation sites excluding steroid dienone is 3. The van der Waals surface area contributed by atoms with Crippen LogP contribution >= 0.6 is 0 Å². The standard InChI is InChI=1S/C14H10N2O2/c17-9-15-13-5-1-11(2-6-13)12-3-7-14(8-4-12)16-10-18/h1-3,5-8,12H,4H2. The highest BCUT2D eigenvalue weighted by Crippen LogP contribution is 2.28. The number of benzene rings is 1. The van der Waals surface area contributed by atoms with Crippen molar-refractivity contribution in [3.8, 4) is 0 Å². The van der Waals surface area contributed by atoms with Crippen molar-refractivity contribution in [1.29, 1.82) is 0 Å². The van der Waals surface area contributed by atoms with Crippen molar-refractivity contribution in [3.63, 3.8) is 0 Å². The molecule has 18 heavy (non-hydrogen) atoms. The Kier molecular flexibility index (Phi) is 3.77. The Labute approximate surface area is 104 Å². The van der Waals surface area contributed by atoms with Gasteiger partial charge in [-0.05, 0) is 30.2 Å². The molecule has 0 spiro atoms. The molecule has 0 amide bonds. The number of carbonyl (C=O) groups excluding carboxylic acids is 2. The van der Waals surface area contributed by atoms with E-state index < -0.39 is 0 Å². The van der Waals surface area contributed by atoms with Crippen LogP contribution in [-0.4, -0.2) is 12.2 Å². The SMILES string of the molecule is O=C=NC1=CCC(c2ccc(N=C=O)cc2)C=C1. The van der Waals surface area contributed by atoms with Gasteiger partial charge < -0.3 is 0 Å². The summed E-state index contributed by atoms with van der Waals surface area (Å²) in [6.45, 7) is 0. The molecule has 0 heterocycles. The van der Waals surface area contributed by atoms with Crippen LogP contribution in [0.2, 0.25) is 0 Å². The largest absolute Gasteiger partial charge is 0.240 e. The van der Waals surface area contributed by atoms with Gasteiger partial charge >= 0.3 is 0 Å². The molecule has 0 radical (unpaired) electrons. The summed E-state index contributed by atoms with van der Waals surface area (Å²) < 4.78 is 0. The molecule has 1 aromatic rings. The van der Waals surface area contributed by atoms with Gasteiger partial charge in [0.25, 0.3) is 0 Å². The van der Waals surface area contributed by atoms with E-state index in [1.807, 2.05) is 24.3 Å². The fourth-order valence-corrected chi connectivity index (χ4v) is 1.84. The first-order chi connectivity index (χ1) is 8.83. The zero-order valence-electron chi connectivity index (χ0n) is 9.54. The van der Waals surface area contributed by atoms with Crippen LogP contribution in [0.4, 0.5) is 5.69 Å². The van der Waals surface area contributed by atoms with Gasteiger partial charge in [0.2, 0.25) is 12.2 Å². The van der Waals surface area contributed by atoms with E-state index in [1.165, 1.54) is 12.2 Å². The van der Waals surface area contributed by atoms with E-state index in [2.05, 4.69) is 9.98 Å². The summed E-state index contributed by atoms with van der Waals surface area (Å²) in [6, 6.07) is 7.40. The van der Waals surface area contributed by atoms with Crippen molar-refractivity contribution in [1.82, 2.24) is 0 Å². The first-order valence-corrected chi connectivity index (χ1v) is 5.47. The number of isocyanates is 2. The third kappa shape index (κ3) is 2.77. The average Bonchev–Trinajstić information content (AvgIpc) is 2.41. The Hall–Kier alpha value is -2.54. The highest BCUT2D eigenvalue weighted by Gasteiger charge is 2.10. The minimum Gasteiger partial charge on any atom is -0.211 e. The van der Waals surface area contributed by atoms with Crippen LogP contribution in [-0.2, 0) is 9.59 Å². The second kappa shape index (κ2) is 5.69. The van der Waals surface area contributed by atoms with E-state index in [-0.39, 0.29) is 5.92 Å². The van der Waals surface area contributed by atoms with Gasteiger partial charge in [0.1, 0.15) is 0 Å². The Morgan fingerprint density at radius 1 is 1.06 bits per heavy atom. The van der Waals surface area contributed by atoms with E-state index in [0.29, 0.717) is 11.4 Å². The Balaban J connectivity index is 2.13. The van der Waals surface area contributed by atoms with E-state index in [0.717, 1.165) is 12.0 Å². The fraction of sp³-hybridized carbons (Fsp3) is 0.143. The molecule has 4 nitrogen and oxygen atoms in total. The van der Waals surface area contributed by atoms with Crippen LogP contribution in [0, 0.1) is 0 Å². The van der Waals surface area contributed by atoms with Crippen molar-refractivity contribution in [2.75, 3.05) is 0 Å². The molecule has 0 bridgehead atoms. The van der Waals surface area contributed by atoms with Gasteiger partial charge in [-0.1, -0.05) is 24.3 Å². The molecule has 0 saturated carbocycles. The molecule has 1 unspecified atom stereocenters. The summed E-state index contributed by atoms with van der Waals surface area (Å²) in [5.41, 5.74) is 2.36. The molecule has 0 fully saturated rings. The molecule has 0 aliphatic heterocycles. The van der Waals surface area contributed by atoms with Gasteiger partial charge in [-0.15, -0.1) is 0 Å². The molecule has 2 rings (SSSR count). The Morgan fingerprint density at radius 2 is 1.78 bits per heavy atom. The average molecular weight is 238 g/mol. The second-order valence-electron chi connectivity index (χ2n) is 3.83. The zero-order valence-corrected chi connectivity index (χ0v) is 9.54. The van der Waals surface area contributed by atoms with Crippen molar-refractivity contribution >= 4 is 17.8 Å². The molecule has 0 saturated heterocycles. The maximum Gasteiger partial charge on any atom is 0.240 e. The maximum atomic E-state index is 10.1. The highest BCUT2D eigenvalue weighted by atomic mass is 16.1. The van der Waals surface area contributed by atoms with Gasteiger partial charge in [0.15, 0.2) is 0 Å². The summed E-state index contributed by atoms with van der Waals surface area (Å²) in [6.07, 6.45) is 9.50. The van der Waals surface area contributed by atoms with E-state index in [9.17, 15) is 9.59 Å². The van der Waals surface area contributed by atoms with Crippen LogP contribution in [0.25, 0.3) is 0 Å². The second-order valence-corrected chi connectivity index (χ2v) is 3.83. The number of rotatable bonds is 3. The van der Waals surface area contributed by atoms with Crippen LogP contribution < -0.4 is 0 Å². The van der Waals surface area contributed by atoms with E-state index in [4.69, 9.17) is 0 Å². The fourth-order valence-electron chi connectivity index (χ4n) is 1.84. The molecule has 1 atom stereocenters. The minimum atomic E-state index is 0.255. The summed E-state index contributed by atoms with van der Waals surface area (Å²) >= 11 is 0. The van der Waals surface area contributed by atoms with E-state index >= 15 is 0 Å². The van der Waals surface area contributed by atoms with Gasteiger partial charge in [0, 0.05) is 5.92 Å². The molecule has 0 N–H and O–H groups in total. The number of hydrogen-bond donors (Lipinski definition) is 0.